The molecule has 0 spiro atoms. The van der Waals surface area contributed by atoms with E-state index in [1.165, 1.54) is 0 Å². The van der Waals surface area contributed by atoms with Crippen LogP contribution in [0.5, 0.6) is 0 Å². The fraction of sp³-hybridized carbons (Fsp3) is 0.364. The van der Waals surface area contributed by atoms with E-state index in [2.05, 4.69) is 26.6 Å². The van der Waals surface area contributed by atoms with Gasteiger partial charge in [0.1, 0.15) is 0 Å². The van der Waals surface area contributed by atoms with Gasteiger partial charge in [-0.15, -0.1) is 0 Å². The van der Waals surface area contributed by atoms with Gasteiger partial charge in [-0.25, -0.2) is 4.79 Å². The molecule has 15 heavy (non-hydrogen) atoms. The van der Waals surface area contributed by atoms with E-state index < -0.39 is 0 Å². The lowest BCUT2D eigenvalue weighted by atomic mass is 10.1. The summed E-state index contributed by atoms with van der Waals surface area (Å²) in [4.78, 5) is 11.3. The number of rotatable bonds is 3. The second kappa shape index (κ2) is 5.75. The van der Waals surface area contributed by atoms with Gasteiger partial charge in [0.25, 0.3) is 0 Å². The predicted octanol–water partition coefficient (Wildman–Crippen LogP) is 2.83. The summed E-state index contributed by atoms with van der Waals surface area (Å²) in [6.45, 7) is 4.48. The number of carbonyl (C=O) groups is 1. The van der Waals surface area contributed by atoms with E-state index in [0.29, 0.717) is 6.54 Å². The topological polar surface area (TPSA) is 41.1 Å². The van der Waals surface area contributed by atoms with Crippen LogP contribution in [0.25, 0.3) is 0 Å². The zero-order valence-corrected chi connectivity index (χ0v) is 10.5. The van der Waals surface area contributed by atoms with Gasteiger partial charge in [0, 0.05) is 11.0 Å². The standard InChI is InChI=1S/C11H15BrN2O/c1-3-13-11(15)14-8(2)9-5-4-6-10(12)7-9/h4-8H,3H2,1-2H3,(H2,13,14,15). The van der Waals surface area contributed by atoms with E-state index in [4.69, 9.17) is 0 Å². The summed E-state index contributed by atoms with van der Waals surface area (Å²) in [7, 11) is 0. The zero-order chi connectivity index (χ0) is 11.3. The van der Waals surface area contributed by atoms with Crippen molar-refractivity contribution in [3.63, 3.8) is 0 Å². The molecule has 0 saturated carbocycles. The molecule has 0 aliphatic carbocycles. The van der Waals surface area contributed by atoms with Crippen molar-refractivity contribution in [3.8, 4) is 0 Å². The highest BCUT2D eigenvalue weighted by molar-refractivity contribution is 9.10. The van der Waals surface area contributed by atoms with E-state index >= 15 is 0 Å². The second-order valence-electron chi connectivity index (χ2n) is 3.28. The van der Waals surface area contributed by atoms with E-state index in [9.17, 15) is 4.79 Å². The lowest BCUT2D eigenvalue weighted by molar-refractivity contribution is 0.238. The molecule has 2 N–H and O–H groups in total. The van der Waals surface area contributed by atoms with Gasteiger partial charge in [-0.3, -0.25) is 0 Å². The highest BCUT2D eigenvalue weighted by Gasteiger charge is 2.08. The Morgan fingerprint density at radius 2 is 2.27 bits per heavy atom. The van der Waals surface area contributed by atoms with Crippen molar-refractivity contribution >= 4 is 22.0 Å². The molecule has 0 bridgehead atoms. The average molecular weight is 271 g/mol. The predicted molar refractivity (Wildman–Crippen MR) is 64.8 cm³/mol. The molecule has 3 nitrogen and oxygen atoms in total. The van der Waals surface area contributed by atoms with Crippen molar-refractivity contribution in [2.75, 3.05) is 6.54 Å². The molecule has 0 heterocycles. The van der Waals surface area contributed by atoms with Gasteiger partial charge in [-0.05, 0) is 31.5 Å². The summed E-state index contributed by atoms with van der Waals surface area (Å²) in [5, 5.41) is 5.55. The van der Waals surface area contributed by atoms with Crippen molar-refractivity contribution in [2.45, 2.75) is 19.9 Å². The van der Waals surface area contributed by atoms with Crippen LogP contribution in [-0.4, -0.2) is 12.6 Å². The molecule has 4 heteroatoms. The highest BCUT2D eigenvalue weighted by Crippen LogP contribution is 2.17. The van der Waals surface area contributed by atoms with Crippen LogP contribution >= 0.6 is 15.9 Å². The molecule has 0 aliphatic rings. The van der Waals surface area contributed by atoms with Crippen LogP contribution < -0.4 is 10.6 Å². The summed E-state index contributed by atoms with van der Waals surface area (Å²) in [5.41, 5.74) is 1.08. The van der Waals surface area contributed by atoms with Gasteiger partial charge >= 0.3 is 6.03 Å². The smallest absolute Gasteiger partial charge is 0.315 e. The third-order valence-electron chi connectivity index (χ3n) is 2.03. The molecule has 1 aromatic carbocycles. The Bertz CT molecular complexity index is 341. The number of hydrogen-bond acceptors (Lipinski definition) is 1. The number of amides is 2. The monoisotopic (exact) mass is 270 g/mol. The summed E-state index contributed by atoms with van der Waals surface area (Å²) in [5.74, 6) is 0. The number of halogens is 1. The SMILES string of the molecule is CCNC(=O)NC(C)c1cccc(Br)c1. The summed E-state index contributed by atoms with van der Waals surface area (Å²) in [6.07, 6.45) is 0. The van der Waals surface area contributed by atoms with Crippen LogP contribution in [0.2, 0.25) is 0 Å². The lowest BCUT2D eigenvalue weighted by Crippen LogP contribution is -2.36. The van der Waals surface area contributed by atoms with Gasteiger partial charge < -0.3 is 10.6 Å². The molecule has 1 aromatic rings. The third-order valence-corrected chi connectivity index (χ3v) is 2.53. The number of hydrogen-bond donors (Lipinski definition) is 2. The largest absolute Gasteiger partial charge is 0.338 e. The van der Waals surface area contributed by atoms with Crippen LogP contribution in [0.4, 0.5) is 4.79 Å². The van der Waals surface area contributed by atoms with Crippen LogP contribution in [0.15, 0.2) is 28.7 Å². The van der Waals surface area contributed by atoms with E-state index in [-0.39, 0.29) is 12.1 Å². The maximum Gasteiger partial charge on any atom is 0.315 e. The van der Waals surface area contributed by atoms with Crippen molar-refractivity contribution < 1.29 is 4.79 Å². The van der Waals surface area contributed by atoms with E-state index in [0.717, 1.165) is 10.0 Å². The molecule has 1 unspecified atom stereocenters. The van der Waals surface area contributed by atoms with Crippen LogP contribution in [-0.2, 0) is 0 Å². The average Bonchev–Trinajstić information content (AvgIpc) is 2.18. The minimum Gasteiger partial charge on any atom is -0.338 e. The Morgan fingerprint density at radius 1 is 1.53 bits per heavy atom. The first-order valence-corrected chi connectivity index (χ1v) is 5.72. The Balaban J connectivity index is 2.60. The van der Waals surface area contributed by atoms with Crippen LogP contribution in [0, 0.1) is 0 Å². The van der Waals surface area contributed by atoms with Crippen molar-refractivity contribution in [3.05, 3.63) is 34.3 Å². The lowest BCUT2D eigenvalue weighted by Gasteiger charge is -2.14. The molecule has 0 radical (unpaired) electrons. The van der Waals surface area contributed by atoms with Crippen LogP contribution in [0.3, 0.4) is 0 Å². The third kappa shape index (κ3) is 3.91. The maximum atomic E-state index is 11.3. The molecule has 2 amide bonds. The molecule has 1 rings (SSSR count). The minimum atomic E-state index is -0.134. The minimum absolute atomic E-state index is 0.00838. The molecule has 0 saturated heterocycles. The molecular weight excluding hydrogens is 256 g/mol. The molecule has 0 aliphatic heterocycles. The zero-order valence-electron chi connectivity index (χ0n) is 8.88. The first-order chi connectivity index (χ1) is 7.13. The van der Waals surface area contributed by atoms with Gasteiger partial charge in [0.2, 0.25) is 0 Å². The Labute approximate surface area is 98.4 Å². The normalized spacial score (nSPS) is 11.9. The number of urea groups is 1. The van der Waals surface area contributed by atoms with Gasteiger partial charge in [0.05, 0.1) is 6.04 Å². The quantitative estimate of drug-likeness (QED) is 0.872. The fourth-order valence-corrected chi connectivity index (χ4v) is 1.68. The molecular formula is C11H15BrN2O. The van der Waals surface area contributed by atoms with E-state index in [1.807, 2.05) is 38.1 Å². The summed E-state index contributed by atoms with van der Waals surface area (Å²) < 4.78 is 1.02. The van der Waals surface area contributed by atoms with Crippen molar-refractivity contribution in [2.24, 2.45) is 0 Å². The maximum absolute atomic E-state index is 11.3. The summed E-state index contributed by atoms with van der Waals surface area (Å²) in [6, 6.07) is 7.77. The summed E-state index contributed by atoms with van der Waals surface area (Å²) >= 11 is 3.40. The van der Waals surface area contributed by atoms with Gasteiger partial charge in [-0.2, -0.15) is 0 Å². The number of nitrogens with one attached hydrogen (secondary N) is 2. The molecule has 82 valence electrons. The number of carbonyl (C=O) groups excluding carboxylic acids is 1. The Hall–Kier alpha value is -1.03. The molecule has 1 atom stereocenters. The second-order valence-corrected chi connectivity index (χ2v) is 4.20. The van der Waals surface area contributed by atoms with Crippen molar-refractivity contribution in [1.82, 2.24) is 10.6 Å². The van der Waals surface area contributed by atoms with Gasteiger partial charge in [0.15, 0.2) is 0 Å². The van der Waals surface area contributed by atoms with E-state index in [1.54, 1.807) is 0 Å². The van der Waals surface area contributed by atoms with Crippen molar-refractivity contribution in [1.29, 1.82) is 0 Å². The Morgan fingerprint density at radius 3 is 2.87 bits per heavy atom. The van der Waals surface area contributed by atoms with Crippen LogP contribution in [0.1, 0.15) is 25.5 Å². The fourth-order valence-electron chi connectivity index (χ4n) is 1.27. The molecule has 0 fully saturated rings. The number of benzene rings is 1. The highest BCUT2D eigenvalue weighted by atomic mass is 79.9. The first-order valence-electron chi connectivity index (χ1n) is 4.93. The Kier molecular flexibility index (Phi) is 4.62. The van der Waals surface area contributed by atoms with Gasteiger partial charge in [-0.1, -0.05) is 28.1 Å². The first kappa shape index (κ1) is 12.0. The molecule has 0 aromatic heterocycles.